The Morgan fingerprint density at radius 2 is 2.50 bits per heavy atom. The molecule has 1 fully saturated rings. The number of carbonyl (C=O) groups excluding carboxylic acids is 1. The Hall–Kier alpha value is -0.570. The smallest absolute Gasteiger partial charge is 0.253 e. The van der Waals surface area contributed by atoms with Gasteiger partial charge in [0.05, 0.1) is 0 Å². The lowest BCUT2D eigenvalue weighted by molar-refractivity contribution is -0.128. The van der Waals surface area contributed by atoms with Gasteiger partial charge in [0, 0.05) is 7.05 Å². The van der Waals surface area contributed by atoms with Gasteiger partial charge >= 0.3 is 0 Å². The molecule has 1 amide bonds. The van der Waals surface area contributed by atoms with E-state index in [1.807, 2.05) is 0 Å². The number of carbonyl (C=O) groups is 1. The minimum Gasteiger partial charge on any atom is -0.348 e. The molecule has 3 nitrogen and oxygen atoms in total. The molecule has 0 spiro atoms. The Labute approximate surface area is 48.2 Å². The van der Waals surface area contributed by atoms with Crippen LogP contribution >= 0.6 is 0 Å². The molecule has 1 saturated heterocycles. The van der Waals surface area contributed by atoms with Gasteiger partial charge in [0.2, 0.25) is 0 Å². The molecule has 1 atom stereocenters. The Morgan fingerprint density at radius 1 is 1.88 bits per heavy atom. The minimum absolute atomic E-state index is 0.0741. The number of ether oxygens (including phenoxy) is 1. The third kappa shape index (κ3) is 0.690. The maximum Gasteiger partial charge on any atom is 0.253 e. The fraction of sp³-hybridized carbons (Fsp3) is 0.800. The summed E-state index contributed by atoms with van der Waals surface area (Å²) in [6, 6.07) is 0. The highest BCUT2D eigenvalue weighted by Crippen LogP contribution is 2.04. The van der Waals surface area contributed by atoms with Gasteiger partial charge in [0.15, 0.2) is 0 Å². The molecule has 0 aromatic rings. The van der Waals surface area contributed by atoms with Crippen LogP contribution in [0.15, 0.2) is 0 Å². The number of nitrogens with zero attached hydrogens (tertiary/aromatic N) is 1. The fourth-order valence-corrected chi connectivity index (χ4v) is 0.669. The summed E-state index contributed by atoms with van der Waals surface area (Å²) in [6.07, 6.45) is -0.222. The van der Waals surface area contributed by atoms with Crippen molar-refractivity contribution in [2.45, 2.75) is 13.0 Å². The van der Waals surface area contributed by atoms with Crippen molar-refractivity contribution in [3.05, 3.63) is 0 Å². The molecule has 0 aliphatic carbocycles. The molecule has 46 valence electrons. The second-order valence-corrected chi connectivity index (χ2v) is 1.97. The van der Waals surface area contributed by atoms with Crippen molar-refractivity contribution in [3.63, 3.8) is 0 Å². The summed E-state index contributed by atoms with van der Waals surface area (Å²) >= 11 is 0. The van der Waals surface area contributed by atoms with Crippen molar-refractivity contribution in [1.29, 1.82) is 0 Å². The molecule has 1 aliphatic rings. The normalized spacial score (nSPS) is 29.5. The van der Waals surface area contributed by atoms with Gasteiger partial charge in [-0.25, -0.2) is 0 Å². The lowest BCUT2D eigenvalue weighted by Gasteiger charge is -2.01. The molecule has 0 radical (unpaired) electrons. The van der Waals surface area contributed by atoms with Crippen LogP contribution in [0.1, 0.15) is 6.92 Å². The van der Waals surface area contributed by atoms with Crippen LogP contribution in [-0.2, 0) is 9.53 Å². The minimum atomic E-state index is -0.222. The number of hydrogen-bond donors (Lipinski definition) is 0. The van der Waals surface area contributed by atoms with E-state index in [9.17, 15) is 4.79 Å². The van der Waals surface area contributed by atoms with E-state index in [1.54, 1.807) is 18.9 Å². The van der Waals surface area contributed by atoms with E-state index in [1.165, 1.54) is 0 Å². The first-order valence-corrected chi connectivity index (χ1v) is 2.58. The van der Waals surface area contributed by atoms with Crippen LogP contribution in [0.3, 0.4) is 0 Å². The van der Waals surface area contributed by atoms with Crippen LogP contribution in [0, 0.1) is 0 Å². The molecule has 1 unspecified atom stereocenters. The number of likely N-dealkylation sites (N-methyl/N-ethyl adjacent to an activating group) is 1. The van der Waals surface area contributed by atoms with Gasteiger partial charge in [-0.15, -0.1) is 0 Å². The SMILES string of the molecule is CC1OCN(C)C1=O. The molecular formula is C5H9NO2. The van der Waals surface area contributed by atoms with Gasteiger partial charge in [-0.3, -0.25) is 4.79 Å². The molecule has 1 rings (SSSR count). The van der Waals surface area contributed by atoms with Gasteiger partial charge < -0.3 is 9.64 Å². The maximum absolute atomic E-state index is 10.7. The highest BCUT2D eigenvalue weighted by molar-refractivity contribution is 5.81. The average molecular weight is 115 g/mol. The summed E-state index contributed by atoms with van der Waals surface area (Å²) in [6.45, 7) is 2.20. The monoisotopic (exact) mass is 115 g/mol. The lowest BCUT2D eigenvalue weighted by Crippen LogP contribution is -2.23. The Morgan fingerprint density at radius 3 is 2.62 bits per heavy atom. The van der Waals surface area contributed by atoms with Gasteiger partial charge in [-0.05, 0) is 6.92 Å². The predicted octanol–water partition coefficient (Wildman–Crippen LogP) is -0.179. The molecule has 3 heteroatoms. The second-order valence-electron chi connectivity index (χ2n) is 1.97. The van der Waals surface area contributed by atoms with Crippen LogP contribution in [0.4, 0.5) is 0 Å². The first-order valence-electron chi connectivity index (χ1n) is 2.58. The van der Waals surface area contributed by atoms with E-state index in [0.717, 1.165) is 0 Å². The molecular weight excluding hydrogens is 106 g/mol. The zero-order chi connectivity index (χ0) is 6.15. The second kappa shape index (κ2) is 1.74. The maximum atomic E-state index is 10.7. The van der Waals surface area contributed by atoms with Crippen LogP contribution < -0.4 is 0 Å². The zero-order valence-corrected chi connectivity index (χ0v) is 5.05. The van der Waals surface area contributed by atoms with Gasteiger partial charge in [-0.2, -0.15) is 0 Å². The molecule has 1 aliphatic heterocycles. The molecule has 0 aromatic heterocycles. The van der Waals surface area contributed by atoms with E-state index in [0.29, 0.717) is 6.73 Å². The summed E-state index contributed by atoms with van der Waals surface area (Å²) in [7, 11) is 1.73. The molecule has 0 bridgehead atoms. The van der Waals surface area contributed by atoms with Crippen LogP contribution in [0.25, 0.3) is 0 Å². The van der Waals surface area contributed by atoms with Crippen molar-refractivity contribution >= 4 is 5.91 Å². The number of rotatable bonds is 0. The highest BCUT2D eigenvalue weighted by atomic mass is 16.5. The summed E-state index contributed by atoms with van der Waals surface area (Å²) in [4.78, 5) is 12.3. The topological polar surface area (TPSA) is 29.5 Å². The first-order chi connectivity index (χ1) is 3.72. The van der Waals surface area contributed by atoms with Crippen molar-refractivity contribution in [2.24, 2.45) is 0 Å². The number of hydrogen-bond acceptors (Lipinski definition) is 2. The summed E-state index contributed by atoms with van der Waals surface area (Å²) in [5.41, 5.74) is 0. The quantitative estimate of drug-likeness (QED) is 0.438. The van der Waals surface area contributed by atoms with Gasteiger partial charge in [0.25, 0.3) is 5.91 Å². The van der Waals surface area contributed by atoms with Crippen LogP contribution in [0.2, 0.25) is 0 Å². The van der Waals surface area contributed by atoms with Crippen LogP contribution in [-0.4, -0.2) is 30.7 Å². The largest absolute Gasteiger partial charge is 0.348 e. The Balaban J connectivity index is 2.57. The first kappa shape index (κ1) is 5.56. The molecule has 0 aromatic carbocycles. The summed E-state index contributed by atoms with van der Waals surface area (Å²) < 4.78 is 4.95. The van der Waals surface area contributed by atoms with Crippen molar-refractivity contribution < 1.29 is 9.53 Å². The third-order valence-electron chi connectivity index (χ3n) is 1.24. The highest BCUT2D eigenvalue weighted by Gasteiger charge is 2.24. The predicted molar refractivity (Wildman–Crippen MR) is 28.2 cm³/mol. The third-order valence-corrected chi connectivity index (χ3v) is 1.24. The van der Waals surface area contributed by atoms with Crippen LogP contribution in [0.5, 0.6) is 0 Å². The van der Waals surface area contributed by atoms with E-state index in [4.69, 9.17) is 4.74 Å². The van der Waals surface area contributed by atoms with E-state index >= 15 is 0 Å². The zero-order valence-electron chi connectivity index (χ0n) is 5.05. The Kier molecular flexibility index (Phi) is 1.21. The fourth-order valence-electron chi connectivity index (χ4n) is 0.669. The summed E-state index contributed by atoms with van der Waals surface area (Å²) in [5, 5.41) is 0. The van der Waals surface area contributed by atoms with Crippen molar-refractivity contribution in [2.75, 3.05) is 13.8 Å². The van der Waals surface area contributed by atoms with E-state index in [-0.39, 0.29) is 12.0 Å². The van der Waals surface area contributed by atoms with Gasteiger partial charge in [0.1, 0.15) is 12.8 Å². The van der Waals surface area contributed by atoms with Gasteiger partial charge in [-0.1, -0.05) is 0 Å². The standard InChI is InChI=1S/C5H9NO2/c1-4-5(7)6(2)3-8-4/h4H,3H2,1-2H3. The lowest BCUT2D eigenvalue weighted by atomic mass is 10.4. The number of amides is 1. The molecule has 1 heterocycles. The van der Waals surface area contributed by atoms with E-state index in [2.05, 4.69) is 0 Å². The summed E-state index contributed by atoms with van der Waals surface area (Å²) in [5.74, 6) is 0.0741. The molecule has 8 heavy (non-hydrogen) atoms. The average Bonchev–Trinajstić information content (AvgIpc) is 1.98. The van der Waals surface area contributed by atoms with Crippen molar-refractivity contribution in [1.82, 2.24) is 4.90 Å². The molecule has 0 N–H and O–H groups in total. The Bertz CT molecular complexity index is 101. The van der Waals surface area contributed by atoms with E-state index < -0.39 is 0 Å². The molecule has 0 saturated carbocycles. The van der Waals surface area contributed by atoms with Crippen molar-refractivity contribution in [3.8, 4) is 0 Å².